The largest absolute Gasteiger partial charge is 0.462 e. The van der Waals surface area contributed by atoms with E-state index in [9.17, 15) is 4.79 Å². The fraction of sp³-hybridized carbons (Fsp3) is 0.571. The molecule has 0 aliphatic rings. The monoisotopic (exact) mass is 291 g/mol. The van der Waals surface area contributed by atoms with Crippen molar-refractivity contribution in [1.29, 1.82) is 0 Å². The molecular formula is C14H21N5O2. The van der Waals surface area contributed by atoms with Gasteiger partial charge in [0, 0.05) is 26.3 Å². The SMILES string of the molecule is CCCOC(=O)c1cnc(N(CC)CC)c2nnn(C)c12. The van der Waals surface area contributed by atoms with Gasteiger partial charge in [-0.3, -0.25) is 0 Å². The normalized spacial score (nSPS) is 10.9. The molecule has 7 nitrogen and oxygen atoms in total. The maximum atomic E-state index is 12.1. The minimum Gasteiger partial charge on any atom is -0.462 e. The van der Waals surface area contributed by atoms with E-state index in [1.807, 2.05) is 6.92 Å². The summed E-state index contributed by atoms with van der Waals surface area (Å²) >= 11 is 0. The second kappa shape index (κ2) is 6.51. The highest BCUT2D eigenvalue weighted by Gasteiger charge is 2.21. The molecule has 0 unspecified atom stereocenters. The van der Waals surface area contributed by atoms with Crippen molar-refractivity contribution in [2.75, 3.05) is 24.6 Å². The Bertz CT molecular complexity index is 634. The number of fused-ring (bicyclic) bond motifs is 1. The van der Waals surface area contributed by atoms with Crippen molar-refractivity contribution >= 4 is 22.8 Å². The van der Waals surface area contributed by atoms with Crippen molar-refractivity contribution in [2.45, 2.75) is 27.2 Å². The van der Waals surface area contributed by atoms with Crippen LogP contribution in [0.25, 0.3) is 11.0 Å². The highest BCUT2D eigenvalue weighted by molar-refractivity contribution is 6.04. The molecule has 0 N–H and O–H groups in total. The number of rotatable bonds is 6. The van der Waals surface area contributed by atoms with Crippen LogP contribution in [0.1, 0.15) is 37.6 Å². The number of carbonyl (C=O) groups excluding carboxylic acids is 1. The van der Waals surface area contributed by atoms with Crippen molar-refractivity contribution in [3.8, 4) is 0 Å². The minimum absolute atomic E-state index is 0.383. The van der Waals surface area contributed by atoms with Crippen LogP contribution >= 0.6 is 0 Å². The molecule has 0 saturated carbocycles. The fourth-order valence-corrected chi connectivity index (χ4v) is 2.23. The molecular weight excluding hydrogens is 270 g/mol. The maximum Gasteiger partial charge on any atom is 0.341 e. The van der Waals surface area contributed by atoms with Gasteiger partial charge in [0.15, 0.2) is 11.3 Å². The van der Waals surface area contributed by atoms with Crippen LogP contribution in [0.4, 0.5) is 5.82 Å². The second-order valence-corrected chi connectivity index (χ2v) is 4.71. The predicted octanol–water partition coefficient (Wildman–Crippen LogP) is 1.78. The predicted molar refractivity (Wildman–Crippen MR) is 80.4 cm³/mol. The first-order chi connectivity index (χ1) is 10.1. The van der Waals surface area contributed by atoms with Gasteiger partial charge in [-0.15, -0.1) is 5.10 Å². The van der Waals surface area contributed by atoms with Crippen LogP contribution in [0, 0.1) is 0 Å². The molecule has 0 fully saturated rings. The van der Waals surface area contributed by atoms with Gasteiger partial charge < -0.3 is 9.64 Å². The number of esters is 1. The summed E-state index contributed by atoms with van der Waals surface area (Å²) in [6.45, 7) is 8.08. The van der Waals surface area contributed by atoms with Gasteiger partial charge in [0.1, 0.15) is 11.1 Å². The average molecular weight is 291 g/mol. The summed E-state index contributed by atoms with van der Waals surface area (Å²) < 4.78 is 6.79. The number of anilines is 1. The molecule has 0 bridgehead atoms. The van der Waals surface area contributed by atoms with Crippen molar-refractivity contribution < 1.29 is 9.53 Å². The standard InChI is InChI=1S/C14H21N5O2/c1-5-8-21-14(20)10-9-15-13(19(6-2)7-3)11-12(10)18(4)17-16-11/h9H,5-8H2,1-4H3. The van der Waals surface area contributed by atoms with E-state index in [4.69, 9.17) is 4.74 Å². The van der Waals surface area contributed by atoms with Crippen LogP contribution in [-0.2, 0) is 11.8 Å². The Morgan fingerprint density at radius 1 is 1.33 bits per heavy atom. The summed E-state index contributed by atoms with van der Waals surface area (Å²) in [7, 11) is 1.76. The molecule has 7 heteroatoms. The number of carbonyl (C=O) groups is 1. The summed E-state index contributed by atoms with van der Waals surface area (Å²) in [6.07, 6.45) is 2.33. The second-order valence-electron chi connectivity index (χ2n) is 4.71. The van der Waals surface area contributed by atoms with Crippen molar-refractivity contribution in [1.82, 2.24) is 20.0 Å². The number of hydrogen-bond donors (Lipinski definition) is 0. The molecule has 2 rings (SSSR count). The van der Waals surface area contributed by atoms with E-state index in [1.54, 1.807) is 17.9 Å². The van der Waals surface area contributed by atoms with Gasteiger partial charge in [-0.05, 0) is 20.3 Å². The van der Waals surface area contributed by atoms with Gasteiger partial charge in [-0.1, -0.05) is 12.1 Å². The Morgan fingerprint density at radius 2 is 2.05 bits per heavy atom. The molecule has 21 heavy (non-hydrogen) atoms. The molecule has 2 heterocycles. The quantitative estimate of drug-likeness (QED) is 0.755. The molecule has 2 aromatic rings. The van der Waals surface area contributed by atoms with Crippen LogP contribution in [0.3, 0.4) is 0 Å². The molecule has 0 spiro atoms. The summed E-state index contributed by atoms with van der Waals surface area (Å²) in [4.78, 5) is 18.6. The maximum absolute atomic E-state index is 12.1. The third kappa shape index (κ3) is 2.81. The van der Waals surface area contributed by atoms with Crippen molar-refractivity contribution in [3.05, 3.63) is 11.8 Å². The summed E-state index contributed by atoms with van der Waals surface area (Å²) in [5, 5.41) is 8.18. The van der Waals surface area contributed by atoms with Crippen molar-refractivity contribution in [3.63, 3.8) is 0 Å². The molecule has 0 saturated heterocycles. The zero-order valence-corrected chi connectivity index (χ0v) is 13.0. The lowest BCUT2D eigenvalue weighted by Gasteiger charge is -2.20. The first kappa shape index (κ1) is 15.2. The van der Waals surface area contributed by atoms with Gasteiger partial charge in [0.25, 0.3) is 0 Å². The highest BCUT2D eigenvalue weighted by Crippen LogP contribution is 2.25. The number of aryl methyl sites for hydroxylation is 1. The van der Waals surface area contributed by atoms with E-state index in [2.05, 4.69) is 34.0 Å². The summed E-state index contributed by atoms with van der Waals surface area (Å²) in [5.74, 6) is 0.362. The van der Waals surface area contributed by atoms with E-state index in [1.165, 1.54) is 0 Å². The lowest BCUT2D eigenvalue weighted by Crippen LogP contribution is -2.23. The highest BCUT2D eigenvalue weighted by atomic mass is 16.5. The zero-order valence-electron chi connectivity index (χ0n) is 13.0. The van der Waals surface area contributed by atoms with E-state index in [0.29, 0.717) is 23.2 Å². The first-order valence-electron chi connectivity index (χ1n) is 7.24. The fourth-order valence-electron chi connectivity index (χ4n) is 2.23. The van der Waals surface area contributed by atoms with E-state index in [-0.39, 0.29) is 5.97 Å². The Hall–Kier alpha value is -2.18. The van der Waals surface area contributed by atoms with Gasteiger partial charge >= 0.3 is 5.97 Å². The molecule has 0 aliphatic carbocycles. The van der Waals surface area contributed by atoms with Crippen LogP contribution in [-0.4, -0.2) is 45.6 Å². The molecule has 0 radical (unpaired) electrons. The number of nitrogens with zero attached hydrogens (tertiary/aromatic N) is 5. The zero-order chi connectivity index (χ0) is 15.4. The first-order valence-corrected chi connectivity index (χ1v) is 7.24. The van der Waals surface area contributed by atoms with Crippen molar-refractivity contribution in [2.24, 2.45) is 7.05 Å². The van der Waals surface area contributed by atoms with Gasteiger partial charge in [0.2, 0.25) is 0 Å². The molecule has 0 aromatic carbocycles. The Morgan fingerprint density at radius 3 is 2.67 bits per heavy atom. The summed E-state index contributed by atoms with van der Waals surface area (Å²) in [5.41, 5.74) is 1.70. The van der Waals surface area contributed by atoms with Gasteiger partial charge in [-0.25, -0.2) is 14.5 Å². The smallest absolute Gasteiger partial charge is 0.341 e. The summed E-state index contributed by atoms with van der Waals surface area (Å²) in [6, 6.07) is 0. The van der Waals surface area contributed by atoms with E-state index >= 15 is 0 Å². The number of ether oxygens (including phenoxy) is 1. The Labute approximate surface area is 123 Å². The number of pyridine rings is 1. The van der Waals surface area contributed by atoms with Crippen LogP contribution in [0.2, 0.25) is 0 Å². The number of aromatic nitrogens is 4. The molecule has 0 aliphatic heterocycles. The third-order valence-corrected chi connectivity index (χ3v) is 3.33. The Kier molecular flexibility index (Phi) is 4.72. The third-order valence-electron chi connectivity index (χ3n) is 3.33. The average Bonchev–Trinajstić information content (AvgIpc) is 2.89. The molecule has 114 valence electrons. The minimum atomic E-state index is -0.383. The molecule has 0 amide bonds. The Balaban J connectivity index is 2.53. The lowest BCUT2D eigenvalue weighted by atomic mass is 10.2. The van der Waals surface area contributed by atoms with Gasteiger partial charge in [-0.2, -0.15) is 0 Å². The lowest BCUT2D eigenvalue weighted by molar-refractivity contribution is 0.0506. The van der Waals surface area contributed by atoms with Gasteiger partial charge in [0.05, 0.1) is 6.61 Å². The van der Waals surface area contributed by atoms with E-state index in [0.717, 1.165) is 25.3 Å². The van der Waals surface area contributed by atoms with Crippen LogP contribution in [0.5, 0.6) is 0 Å². The van der Waals surface area contributed by atoms with Crippen LogP contribution < -0.4 is 4.90 Å². The number of hydrogen-bond acceptors (Lipinski definition) is 6. The molecule has 0 atom stereocenters. The topological polar surface area (TPSA) is 73.1 Å². The van der Waals surface area contributed by atoms with E-state index < -0.39 is 0 Å². The van der Waals surface area contributed by atoms with Crippen LogP contribution in [0.15, 0.2) is 6.20 Å². The molecule has 2 aromatic heterocycles.